The number of carboxylic acids is 1. The van der Waals surface area contributed by atoms with Crippen molar-refractivity contribution in [3.05, 3.63) is 35.4 Å². The number of hydrogen-bond acceptors (Lipinski definition) is 4. The van der Waals surface area contributed by atoms with Crippen molar-refractivity contribution < 1.29 is 32.6 Å². The van der Waals surface area contributed by atoms with Crippen molar-refractivity contribution in [2.24, 2.45) is 11.8 Å². The maximum Gasteiger partial charge on any atom is 0.490 e. The minimum absolute atomic E-state index is 0.00585. The third kappa shape index (κ3) is 6.01. The SMILES string of the molecule is COCC(=O)N[C@@H]1c2ccccc2[C@@H]2CN(CC3CCCCC3)C[C@H]12.O=C(O)C(F)(F)F. The molecular weight excluding hydrogens is 425 g/mol. The molecule has 4 rings (SSSR count). The molecule has 1 amide bonds. The number of aliphatic carboxylic acids is 1. The fourth-order valence-electron chi connectivity index (χ4n) is 5.36. The Bertz CT molecular complexity index is 796. The normalized spacial score (nSPS) is 25.4. The van der Waals surface area contributed by atoms with Crippen LogP contribution >= 0.6 is 0 Å². The van der Waals surface area contributed by atoms with Crippen molar-refractivity contribution in [2.75, 3.05) is 33.4 Å². The van der Waals surface area contributed by atoms with Crippen molar-refractivity contribution in [1.82, 2.24) is 10.2 Å². The van der Waals surface area contributed by atoms with Gasteiger partial charge in [0.1, 0.15) is 6.61 Å². The van der Waals surface area contributed by atoms with Crippen LogP contribution in [0, 0.1) is 11.8 Å². The van der Waals surface area contributed by atoms with Gasteiger partial charge in [0.05, 0.1) is 6.04 Å². The van der Waals surface area contributed by atoms with Crippen LogP contribution in [0.15, 0.2) is 24.3 Å². The van der Waals surface area contributed by atoms with Crippen LogP contribution in [0.2, 0.25) is 0 Å². The predicted molar refractivity (Wildman–Crippen MR) is 112 cm³/mol. The zero-order chi connectivity index (χ0) is 23.3. The summed E-state index contributed by atoms with van der Waals surface area (Å²) < 4.78 is 36.7. The van der Waals surface area contributed by atoms with Crippen LogP contribution in [0.4, 0.5) is 13.2 Å². The summed E-state index contributed by atoms with van der Waals surface area (Å²) in [5.41, 5.74) is 2.76. The number of ether oxygens (including phenoxy) is 1. The molecule has 0 bridgehead atoms. The molecule has 0 unspecified atom stereocenters. The quantitative estimate of drug-likeness (QED) is 0.706. The van der Waals surface area contributed by atoms with Gasteiger partial charge >= 0.3 is 12.1 Å². The number of fused-ring (bicyclic) bond motifs is 3. The summed E-state index contributed by atoms with van der Waals surface area (Å²) in [7, 11) is 1.58. The van der Waals surface area contributed by atoms with Gasteiger partial charge in [0.2, 0.25) is 5.91 Å². The Hall–Kier alpha value is -2.13. The van der Waals surface area contributed by atoms with E-state index in [1.54, 1.807) is 7.11 Å². The largest absolute Gasteiger partial charge is 0.490 e. The van der Waals surface area contributed by atoms with Crippen molar-refractivity contribution >= 4 is 11.9 Å². The number of likely N-dealkylation sites (tertiary alicyclic amines) is 1. The topological polar surface area (TPSA) is 78.9 Å². The standard InChI is InChI=1S/C21H30N2O2.C2HF3O2/c1-25-14-20(24)22-21-17-10-6-5-9-16(17)18-12-23(13-19(18)21)11-15-7-3-2-4-8-15;3-2(4,5)1(6)7/h5-6,9-10,15,18-19,21H,2-4,7-8,11-14H2,1H3,(H,22,24);(H,6,7)/t18-,19-,21+;/m0./s1. The second-order valence-corrected chi connectivity index (χ2v) is 8.90. The van der Waals surface area contributed by atoms with Crippen LogP contribution in [0.3, 0.4) is 0 Å². The minimum Gasteiger partial charge on any atom is -0.475 e. The summed E-state index contributed by atoms with van der Waals surface area (Å²) in [6.07, 6.45) is 1.95. The number of methoxy groups -OCH3 is 1. The van der Waals surface area contributed by atoms with Crippen molar-refractivity contribution in [3.63, 3.8) is 0 Å². The summed E-state index contributed by atoms with van der Waals surface area (Å²) in [6.45, 7) is 3.64. The number of rotatable bonds is 5. The number of carbonyl (C=O) groups is 2. The molecule has 6 nitrogen and oxygen atoms in total. The van der Waals surface area contributed by atoms with Gasteiger partial charge in [-0.3, -0.25) is 4.79 Å². The Balaban J connectivity index is 0.000000360. The van der Waals surface area contributed by atoms with Crippen LogP contribution in [0.5, 0.6) is 0 Å². The zero-order valence-electron chi connectivity index (χ0n) is 18.2. The summed E-state index contributed by atoms with van der Waals surface area (Å²) >= 11 is 0. The minimum atomic E-state index is -5.08. The Labute approximate surface area is 186 Å². The second kappa shape index (κ2) is 10.7. The molecule has 2 N–H and O–H groups in total. The molecule has 1 heterocycles. The first-order valence-electron chi connectivity index (χ1n) is 11.1. The van der Waals surface area contributed by atoms with E-state index in [2.05, 4.69) is 34.5 Å². The van der Waals surface area contributed by atoms with E-state index in [1.165, 1.54) is 49.8 Å². The van der Waals surface area contributed by atoms with E-state index in [-0.39, 0.29) is 18.6 Å². The number of alkyl halides is 3. The van der Waals surface area contributed by atoms with Gasteiger partial charge in [-0.1, -0.05) is 43.5 Å². The monoisotopic (exact) mass is 456 g/mol. The molecule has 1 saturated heterocycles. The third-order valence-electron chi connectivity index (χ3n) is 6.67. The number of carbonyl (C=O) groups excluding carboxylic acids is 1. The van der Waals surface area contributed by atoms with Crippen LogP contribution < -0.4 is 5.32 Å². The van der Waals surface area contributed by atoms with Crippen LogP contribution in [-0.4, -0.2) is 61.4 Å². The lowest BCUT2D eigenvalue weighted by Crippen LogP contribution is -2.36. The number of halogens is 3. The molecule has 178 valence electrons. The lowest BCUT2D eigenvalue weighted by Gasteiger charge is -2.28. The first kappa shape index (κ1) is 24.5. The average Bonchev–Trinajstić information content (AvgIpc) is 3.27. The van der Waals surface area contributed by atoms with E-state index in [0.29, 0.717) is 11.8 Å². The maximum absolute atomic E-state index is 12.1. The van der Waals surface area contributed by atoms with Gasteiger partial charge in [-0.2, -0.15) is 13.2 Å². The van der Waals surface area contributed by atoms with E-state index in [9.17, 15) is 18.0 Å². The molecule has 1 saturated carbocycles. The molecule has 1 aromatic rings. The number of nitrogens with zero attached hydrogens (tertiary/aromatic N) is 1. The highest BCUT2D eigenvalue weighted by molar-refractivity contribution is 5.78. The molecule has 2 fully saturated rings. The van der Waals surface area contributed by atoms with Gasteiger partial charge in [0.15, 0.2) is 0 Å². The lowest BCUT2D eigenvalue weighted by atomic mass is 9.89. The van der Waals surface area contributed by atoms with Gasteiger partial charge in [-0.25, -0.2) is 4.79 Å². The predicted octanol–water partition coefficient (Wildman–Crippen LogP) is 3.73. The second-order valence-electron chi connectivity index (χ2n) is 8.90. The molecule has 9 heteroatoms. The molecule has 1 aromatic carbocycles. The Morgan fingerprint density at radius 3 is 2.34 bits per heavy atom. The van der Waals surface area contributed by atoms with Crippen molar-refractivity contribution in [2.45, 2.75) is 50.2 Å². The van der Waals surface area contributed by atoms with E-state index in [0.717, 1.165) is 19.0 Å². The third-order valence-corrected chi connectivity index (χ3v) is 6.67. The molecule has 0 aromatic heterocycles. The van der Waals surface area contributed by atoms with E-state index >= 15 is 0 Å². The van der Waals surface area contributed by atoms with Crippen molar-refractivity contribution in [3.8, 4) is 0 Å². The first-order valence-corrected chi connectivity index (χ1v) is 11.1. The molecule has 3 atom stereocenters. The molecule has 2 aliphatic carbocycles. The fourth-order valence-corrected chi connectivity index (χ4v) is 5.36. The fraction of sp³-hybridized carbons (Fsp3) is 0.652. The summed E-state index contributed by atoms with van der Waals surface area (Å²) in [5, 5.41) is 10.4. The first-order chi connectivity index (χ1) is 15.2. The highest BCUT2D eigenvalue weighted by Crippen LogP contribution is 2.49. The average molecular weight is 457 g/mol. The highest BCUT2D eigenvalue weighted by Gasteiger charge is 2.46. The molecule has 0 radical (unpaired) electrons. The van der Waals surface area contributed by atoms with E-state index in [1.807, 2.05) is 0 Å². The van der Waals surface area contributed by atoms with Gasteiger partial charge < -0.3 is 20.1 Å². The summed E-state index contributed by atoms with van der Waals surface area (Å²) in [5.74, 6) is -0.819. The van der Waals surface area contributed by atoms with E-state index in [4.69, 9.17) is 14.6 Å². The highest BCUT2D eigenvalue weighted by atomic mass is 19.4. The zero-order valence-corrected chi connectivity index (χ0v) is 18.2. The number of carboxylic acid groups (broad SMARTS) is 1. The van der Waals surface area contributed by atoms with E-state index < -0.39 is 12.1 Å². The summed E-state index contributed by atoms with van der Waals surface area (Å²) in [4.78, 5) is 23.7. The van der Waals surface area contributed by atoms with Gasteiger partial charge in [-0.05, 0) is 29.9 Å². The maximum atomic E-state index is 12.1. The van der Waals surface area contributed by atoms with Crippen molar-refractivity contribution in [1.29, 1.82) is 0 Å². The Morgan fingerprint density at radius 2 is 1.75 bits per heavy atom. The molecule has 0 spiro atoms. The number of benzene rings is 1. The van der Waals surface area contributed by atoms with Gasteiger partial charge in [-0.15, -0.1) is 0 Å². The number of nitrogens with one attached hydrogen (secondary N) is 1. The number of amides is 1. The van der Waals surface area contributed by atoms with Crippen LogP contribution in [0.25, 0.3) is 0 Å². The van der Waals surface area contributed by atoms with Crippen LogP contribution in [0.1, 0.15) is 55.2 Å². The number of hydrogen-bond donors (Lipinski definition) is 2. The van der Waals surface area contributed by atoms with Crippen LogP contribution in [-0.2, 0) is 14.3 Å². The van der Waals surface area contributed by atoms with Gasteiger partial charge in [0.25, 0.3) is 0 Å². The Morgan fingerprint density at radius 1 is 1.12 bits per heavy atom. The molecule has 3 aliphatic rings. The lowest BCUT2D eigenvalue weighted by molar-refractivity contribution is -0.192. The molecular formula is C23H31F3N2O4. The Kier molecular flexibility index (Phi) is 8.16. The van der Waals surface area contributed by atoms with Gasteiger partial charge in [0, 0.05) is 38.6 Å². The smallest absolute Gasteiger partial charge is 0.475 e. The molecule has 1 aliphatic heterocycles. The summed E-state index contributed by atoms with van der Waals surface area (Å²) in [6, 6.07) is 8.82. The molecule has 32 heavy (non-hydrogen) atoms.